The molecule has 0 bridgehead atoms. The second kappa shape index (κ2) is 10.3. The van der Waals surface area contributed by atoms with Crippen molar-refractivity contribution in [1.82, 2.24) is 23.6 Å². The number of benzene rings is 2. The Kier molecular flexibility index (Phi) is 6.74. The maximum Gasteiger partial charge on any atom is 0.332 e. The third-order valence-electron chi connectivity index (χ3n) is 7.87. The molecule has 4 aromatic rings. The highest BCUT2D eigenvalue weighted by Gasteiger charge is 2.44. The van der Waals surface area contributed by atoms with Crippen LogP contribution < -0.4 is 21.0 Å². The Morgan fingerprint density at radius 1 is 0.927 bits per heavy atom. The minimum absolute atomic E-state index is 0.0314. The van der Waals surface area contributed by atoms with Gasteiger partial charge in [-0.25, -0.2) is 14.1 Å². The number of amides is 2. The molecule has 1 unspecified atom stereocenters. The number of para-hydroxylation sites is 1. The van der Waals surface area contributed by atoms with Crippen molar-refractivity contribution >= 4 is 46.2 Å². The van der Waals surface area contributed by atoms with E-state index in [4.69, 9.17) is 16.6 Å². The number of halogens is 2. The van der Waals surface area contributed by atoms with E-state index in [-0.39, 0.29) is 29.8 Å². The van der Waals surface area contributed by atoms with Crippen LogP contribution in [0, 0.1) is 5.82 Å². The molecule has 2 aliphatic heterocycles. The summed E-state index contributed by atoms with van der Waals surface area (Å²) in [6.07, 6.45) is -0.0314. The molecular formula is C28H27ClFN7O4. The first-order valence-electron chi connectivity index (χ1n) is 13.2. The summed E-state index contributed by atoms with van der Waals surface area (Å²) >= 11 is 6.46. The SMILES string of the molecule is Cn1c(=O)c2c(nc(N3CCN(C4CC(=O)N(c5ccccc5F)C4=O)CC3)n2Cc2ccccc2Cl)n(C)c1=O. The zero-order valence-corrected chi connectivity index (χ0v) is 23.2. The van der Waals surface area contributed by atoms with Crippen LogP contribution >= 0.6 is 11.6 Å². The van der Waals surface area contributed by atoms with Crippen molar-refractivity contribution in [3.63, 3.8) is 0 Å². The Hall–Kier alpha value is -4.29. The number of imide groups is 1. The van der Waals surface area contributed by atoms with Crippen LogP contribution in [-0.4, -0.2) is 67.6 Å². The van der Waals surface area contributed by atoms with Gasteiger partial charge >= 0.3 is 5.69 Å². The van der Waals surface area contributed by atoms with Crippen molar-refractivity contribution in [3.8, 4) is 0 Å². The Morgan fingerprint density at radius 2 is 1.61 bits per heavy atom. The Labute approximate surface area is 238 Å². The molecule has 6 rings (SSSR count). The summed E-state index contributed by atoms with van der Waals surface area (Å²) in [6.45, 7) is 2.00. The van der Waals surface area contributed by atoms with Gasteiger partial charge in [0, 0.05) is 45.3 Å². The number of fused-ring (bicyclic) bond motifs is 1. The molecule has 41 heavy (non-hydrogen) atoms. The van der Waals surface area contributed by atoms with E-state index >= 15 is 0 Å². The van der Waals surface area contributed by atoms with Crippen molar-refractivity contribution in [2.24, 2.45) is 14.1 Å². The zero-order chi connectivity index (χ0) is 29.0. The predicted molar refractivity (Wildman–Crippen MR) is 152 cm³/mol. The van der Waals surface area contributed by atoms with Crippen LogP contribution in [0.5, 0.6) is 0 Å². The predicted octanol–water partition coefficient (Wildman–Crippen LogP) is 1.73. The molecule has 2 saturated heterocycles. The van der Waals surface area contributed by atoms with E-state index in [1.807, 2.05) is 28.0 Å². The highest BCUT2D eigenvalue weighted by atomic mass is 35.5. The van der Waals surface area contributed by atoms with Gasteiger partial charge in [-0.05, 0) is 23.8 Å². The van der Waals surface area contributed by atoms with Crippen LogP contribution in [0.4, 0.5) is 16.0 Å². The average molecular weight is 580 g/mol. The van der Waals surface area contributed by atoms with Gasteiger partial charge in [-0.2, -0.15) is 4.98 Å². The molecule has 4 heterocycles. The lowest BCUT2D eigenvalue weighted by Gasteiger charge is -2.37. The topological polar surface area (TPSA) is 106 Å². The minimum atomic E-state index is -0.695. The smallest absolute Gasteiger partial charge is 0.332 e. The number of piperazine rings is 1. The normalized spacial score (nSPS) is 18.2. The Morgan fingerprint density at radius 3 is 2.32 bits per heavy atom. The second-order valence-corrected chi connectivity index (χ2v) is 10.6. The molecule has 0 radical (unpaired) electrons. The summed E-state index contributed by atoms with van der Waals surface area (Å²) in [5.74, 6) is -1.01. The first-order chi connectivity index (χ1) is 19.7. The van der Waals surface area contributed by atoms with Crippen LogP contribution in [0.25, 0.3) is 11.2 Å². The molecule has 212 valence electrons. The van der Waals surface area contributed by atoms with Crippen molar-refractivity contribution in [1.29, 1.82) is 0 Å². The molecule has 0 spiro atoms. The van der Waals surface area contributed by atoms with Crippen molar-refractivity contribution in [2.45, 2.75) is 19.0 Å². The van der Waals surface area contributed by atoms with E-state index in [0.29, 0.717) is 37.1 Å². The summed E-state index contributed by atoms with van der Waals surface area (Å²) < 4.78 is 18.6. The number of hydrogen-bond acceptors (Lipinski definition) is 7. The van der Waals surface area contributed by atoms with E-state index in [9.17, 15) is 23.6 Å². The van der Waals surface area contributed by atoms with Crippen LogP contribution in [0.1, 0.15) is 12.0 Å². The molecule has 0 saturated carbocycles. The molecule has 11 nitrogen and oxygen atoms in total. The lowest BCUT2D eigenvalue weighted by Crippen LogP contribution is -2.53. The second-order valence-electron chi connectivity index (χ2n) is 10.2. The lowest BCUT2D eigenvalue weighted by atomic mass is 10.1. The zero-order valence-electron chi connectivity index (χ0n) is 22.5. The summed E-state index contributed by atoms with van der Waals surface area (Å²) in [6, 6.07) is 12.4. The maximum atomic E-state index is 14.4. The number of hydrogen-bond donors (Lipinski definition) is 0. The van der Waals surface area contributed by atoms with E-state index < -0.39 is 34.9 Å². The van der Waals surface area contributed by atoms with Gasteiger partial charge in [0.25, 0.3) is 11.5 Å². The maximum absolute atomic E-state index is 14.4. The van der Waals surface area contributed by atoms with Gasteiger partial charge in [0.15, 0.2) is 11.2 Å². The van der Waals surface area contributed by atoms with Crippen molar-refractivity contribution in [2.75, 3.05) is 36.0 Å². The molecule has 2 amide bonds. The Bertz CT molecular complexity index is 1820. The third-order valence-corrected chi connectivity index (χ3v) is 8.24. The minimum Gasteiger partial charge on any atom is -0.340 e. The quantitative estimate of drug-likeness (QED) is 0.332. The van der Waals surface area contributed by atoms with Crippen LogP contribution in [0.15, 0.2) is 58.1 Å². The third kappa shape index (κ3) is 4.43. The number of anilines is 2. The molecule has 1 atom stereocenters. The van der Waals surface area contributed by atoms with Gasteiger partial charge in [0.2, 0.25) is 11.9 Å². The average Bonchev–Trinajstić information content (AvgIpc) is 3.49. The number of imidazole rings is 1. The molecule has 2 fully saturated rings. The first kappa shape index (κ1) is 26.9. The van der Waals surface area contributed by atoms with Gasteiger partial charge < -0.3 is 4.90 Å². The van der Waals surface area contributed by atoms with Gasteiger partial charge in [-0.3, -0.25) is 33.0 Å². The summed E-state index contributed by atoms with van der Waals surface area (Å²) in [4.78, 5) is 61.5. The molecular weight excluding hydrogens is 553 g/mol. The van der Waals surface area contributed by atoms with Gasteiger partial charge in [-0.15, -0.1) is 0 Å². The number of carbonyl (C=O) groups is 2. The molecule has 2 aromatic heterocycles. The number of rotatable bonds is 5. The van der Waals surface area contributed by atoms with Crippen molar-refractivity contribution in [3.05, 3.63) is 85.8 Å². The highest BCUT2D eigenvalue weighted by Crippen LogP contribution is 2.30. The van der Waals surface area contributed by atoms with E-state index in [0.717, 1.165) is 15.0 Å². The lowest BCUT2D eigenvalue weighted by molar-refractivity contribution is -0.123. The van der Waals surface area contributed by atoms with Gasteiger partial charge in [-0.1, -0.05) is 41.9 Å². The van der Waals surface area contributed by atoms with E-state index in [1.165, 1.54) is 29.8 Å². The number of carbonyl (C=O) groups excluding carboxylic acids is 2. The van der Waals surface area contributed by atoms with E-state index in [2.05, 4.69) is 0 Å². The van der Waals surface area contributed by atoms with E-state index in [1.54, 1.807) is 23.7 Å². The van der Waals surface area contributed by atoms with Crippen LogP contribution in [-0.2, 0) is 30.2 Å². The standard InChI is InChI=1S/C28H27ClFN7O4/c1-32-24-23(26(40)33(2)28(32)41)36(16-17-7-3-4-8-18(17)29)27(31-24)35-13-11-34(12-14-35)21-15-22(38)37(25(21)39)20-10-6-5-9-19(20)30/h3-10,21H,11-16H2,1-2H3. The molecule has 0 aliphatic carbocycles. The molecule has 2 aliphatic rings. The molecule has 13 heteroatoms. The van der Waals surface area contributed by atoms with Gasteiger partial charge in [0.1, 0.15) is 5.82 Å². The Balaban J connectivity index is 1.31. The van der Waals surface area contributed by atoms with Crippen molar-refractivity contribution < 1.29 is 14.0 Å². The monoisotopic (exact) mass is 579 g/mol. The fraction of sp³-hybridized carbons (Fsp3) is 0.321. The fourth-order valence-electron chi connectivity index (χ4n) is 5.64. The highest BCUT2D eigenvalue weighted by molar-refractivity contribution is 6.31. The first-order valence-corrected chi connectivity index (χ1v) is 13.5. The summed E-state index contributed by atoms with van der Waals surface area (Å²) in [5.41, 5.74) is 0.348. The summed E-state index contributed by atoms with van der Waals surface area (Å²) in [7, 11) is 3.00. The molecule has 0 N–H and O–H groups in total. The molecule has 2 aromatic carbocycles. The van der Waals surface area contributed by atoms with Crippen LogP contribution in [0.3, 0.4) is 0 Å². The number of aryl methyl sites for hydroxylation is 1. The largest absolute Gasteiger partial charge is 0.340 e. The summed E-state index contributed by atoms with van der Waals surface area (Å²) in [5, 5.41) is 0.538. The van der Waals surface area contributed by atoms with Crippen LogP contribution in [0.2, 0.25) is 5.02 Å². The van der Waals surface area contributed by atoms with Gasteiger partial charge in [0.05, 0.1) is 24.7 Å². The number of aromatic nitrogens is 4. The number of nitrogens with zero attached hydrogens (tertiary/aromatic N) is 7. The fourth-order valence-corrected chi connectivity index (χ4v) is 5.84.